The van der Waals surface area contributed by atoms with Crippen LogP contribution in [-0.4, -0.2) is 16.9 Å². The zero-order valence-electron chi connectivity index (χ0n) is 11.3. The zero-order valence-corrected chi connectivity index (χ0v) is 11.3. The average Bonchev–Trinajstić information content (AvgIpc) is 2.74. The van der Waals surface area contributed by atoms with Gasteiger partial charge in [0.05, 0.1) is 24.5 Å². The predicted octanol–water partition coefficient (Wildman–Crippen LogP) is 2.78. The van der Waals surface area contributed by atoms with Gasteiger partial charge in [-0.1, -0.05) is 12.1 Å². The van der Waals surface area contributed by atoms with E-state index in [-0.39, 0.29) is 5.54 Å². The fraction of sp³-hybridized carbons (Fsp3) is 0.357. The summed E-state index contributed by atoms with van der Waals surface area (Å²) in [5, 5.41) is 7.62. The van der Waals surface area contributed by atoms with Crippen molar-refractivity contribution in [1.82, 2.24) is 9.78 Å². The topological polar surface area (TPSA) is 39.1 Å². The van der Waals surface area contributed by atoms with Gasteiger partial charge in [-0.25, -0.2) is 0 Å². The smallest absolute Gasteiger partial charge is 0.118 e. The van der Waals surface area contributed by atoms with Crippen molar-refractivity contribution < 1.29 is 4.74 Å². The Kier molecular flexibility index (Phi) is 3.28. The van der Waals surface area contributed by atoms with Gasteiger partial charge in [-0.05, 0) is 31.5 Å². The third-order valence-electron chi connectivity index (χ3n) is 2.97. The van der Waals surface area contributed by atoms with Crippen LogP contribution in [0.4, 0.5) is 5.69 Å². The van der Waals surface area contributed by atoms with Gasteiger partial charge in [0, 0.05) is 13.2 Å². The van der Waals surface area contributed by atoms with Crippen molar-refractivity contribution in [3.05, 3.63) is 42.2 Å². The molecule has 1 heterocycles. The van der Waals surface area contributed by atoms with Gasteiger partial charge in [0.25, 0.3) is 0 Å². The molecule has 1 aromatic carbocycles. The Labute approximate surface area is 108 Å². The predicted molar refractivity (Wildman–Crippen MR) is 72.9 cm³/mol. The van der Waals surface area contributed by atoms with Gasteiger partial charge in [-0.2, -0.15) is 5.10 Å². The molecular weight excluding hydrogens is 226 g/mol. The van der Waals surface area contributed by atoms with Crippen LogP contribution in [0.25, 0.3) is 0 Å². The molecule has 0 amide bonds. The highest BCUT2D eigenvalue weighted by molar-refractivity contribution is 5.44. The highest BCUT2D eigenvalue weighted by Gasteiger charge is 2.20. The van der Waals surface area contributed by atoms with Crippen LogP contribution in [0.2, 0.25) is 0 Å². The summed E-state index contributed by atoms with van der Waals surface area (Å²) in [5.41, 5.74) is 2.06. The number of benzene rings is 1. The lowest BCUT2D eigenvalue weighted by Crippen LogP contribution is -2.27. The second kappa shape index (κ2) is 4.72. The summed E-state index contributed by atoms with van der Waals surface area (Å²) in [5.74, 6) is 0.871. The molecule has 2 aromatic rings. The largest absolute Gasteiger partial charge is 0.497 e. The van der Waals surface area contributed by atoms with E-state index in [4.69, 9.17) is 4.74 Å². The Bertz CT molecular complexity index is 514. The lowest BCUT2D eigenvalue weighted by molar-refractivity contribution is 0.414. The van der Waals surface area contributed by atoms with Gasteiger partial charge in [-0.15, -0.1) is 0 Å². The fourth-order valence-corrected chi connectivity index (χ4v) is 1.93. The quantitative estimate of drug-likeness (QED) is 0.900. The summed E-state index contributed by atoms with van der Waals surface area (Å²) in [6.07, 6.45) is 3.79. The molecular formula is C14H19N3O. The van der Waals surface area contributed by atoms with E-state index in [2.05, 4.69) is 36.4 Å². The van der Waals surface area contributed by atoms with Gasteiger partial charge >= 0.3 is 0 Å². The SMILES string of the molecule is COc1ccc(C(C)(C)Nc2cnn(C)c2)cc1. The van der Waals surface area contributed by atoms with E-state index in [0.29, 0.717) is 0 Å². The van der Waals surface area contributed by atoms with Gasteiger partial charge in [0.1, 0.15) is 5.75 Å². The number of nitrogens with zero attached hydrogens (tertiary/aromatic N) is 2. The molecule has 0 saturated heterocycles. The molecule has 1 aromatic heterocycles. The number of hydrogen-bond donors (Lipinski definition) is 1. The Balaban J connectivity index is 2.18. The maximum absolute atomic E-state index is 5.17. The average molecular weight is 245 g/mol. The molecule has 0 bridgehead atoms. The van der Waals surface area contributed by atoms with E-state index in [1.165, 1.54) is 5.56 Å². The number of anilines is 1. The van der Waals surface area contributed by atoms with Crippen LogP contribution in [0.1, 0.15) is 19.4 Å². The van der Waals surface area contributed by atoms with E-state index >= 15 is 0 Å². The van der Waals surface area contributed by atoms with Crippen LogP contribution in [-0.2, 0) is 12.6 Å². The number of nitrogens with one attached hydrogen (secondary N) is 1. The van der Waals surface area contributed by atoms with Crippen molar-refractivity contribution in [3.8, 4) is 5.75 Å². The second-order valence-corrected chi connectivity index (χ2v) is 4.88. The molecule has 0 aliphatic heterocycles. The van der Waals surface area contributed by atoms with Crippen LogP contribution in [0, 0.1) is 0 Å². The summed E-state index contributed by atoms with van der Waals surface area (Å²) >= 11 is 0. The minimum Gasteiger partial charge on any atom is -0.497 e. The molecule has 1 N–H and O–H groups in total. The number of aryl methyl sites for hydroxylation is 1. The molecule has 2 rings (SSSR count). The molecule has 4 heteroatoms. The number of ether oxygens (including phenoxy) is 1. The van der Waals surface area contributed by atoms with Crippen molar-refractivity contribution in [2.45, 2.75) is 19.4 Å². The van der Waals surface area contributed by atoms with E-state index in [9.17, 15) is 0 Å². The van der Waals surface area contributed by atoms with Crippen LogP contribution < -0.4 is 10.1 Å². The minimum atomic E-state index is -0.157. The highest BCUT2D eigenvalue weighted by Crippen LogP contribution is 2.26. The van der Waals surface area contributed by atoms with E-state index in [1.54, 1.807) is 11.8 Å². The molecule has 0 aliphatic rings. The van der Waals surface area contributed by atoms with Crippen LogP contribution in [0.5, 0.6) is 5.75 Å². The monoisotopic (exact) mass is 245 g/mol. The number of rotatable bonds is 4. The molecule has 0 saturated carbocycles. The van der Waals surface area contributed by atoms with Gasteiger partial charge in [-0.3, -0.25) is 4.68 Å². The molecule has 0 aliphatic carbocycles. The Morgan fingerprint density at radius 2 is 1.89 bits per heavy atom. The Morgan fingerprint density at radius 1 is 1.22 bits per heavy atom. The third-order valence-corrected chi connectivity index (χ3v) is 2.97. The van der Waals surface area contributed by atoms with Crippen molar-refractivity contribution in [2.75, 3.05) is 12.4 Å². The number of hydrogen-bond acceptors (Lipinski definition) is 3. The van der Waals surface area contributed by atoms with Crippen molar-refractivity contribution in [3.63, 3.8) is 0 Å². The summed E-state index contributed by atoms with van der Waals surface area (Å²) in [7, 11) is 3.58. The standard InChI is InChI=1S/C14H19N3O/c1-14(2,16-12-9-15-17(3)10-12)11-5-7-13(18-4)8-6-11/h5-10,16H,1-4H3. The maximum atomic E-state index is 5.17. The van der Waals surface area contributed by atoms with Gasteiger partial charge in [0.2, 0.25) is 0 Å². The van der Waals surface area contributed by atoms with E-state index < -0.39 is 0 Å². The van der Waals surface area contributed by atoms with E-state index in [1.807, 2.05) is 31.6 Å². The first-order valence-corrected chi connectivity index (χ1v) is 5.92. The summed E-state index contributed by atoms with van der Waals surface area (Å²) < 4.78 is 6.95. The molecule has 0 spiro atoms. The lowest BCUT2D eigenvalue weighted by Gasteiger charge is -2.27. The second-order valence-electron chi connectivity index (χ2n) is 4.88. The first kappa shape index (κ1) is 12.5. The number of aromatic nitrogens is 2. The molecule has 0 unspecified atom stereocenters. The van der Waals surface area contributed by atoms with Crippen LogP contribution >= 0.6 is 0 Å². The van der Waals surface area contributed by atoms with Crippen molar-refractivity contribution >= 4 is 5.69 Å². The van der Waals surface area contributed by atoms with Crippen LogP contribution in [0.15, 0.2) is 36.7 Å². The number of methoxy groups -OCH3 is 1. The molecule has 0 atom stereocenters. The van der Waals surface area contributed by atoms with Gasteiger partial charge < -0.3 is 10.1 Å². The summed E-state index contributed by atoms with van der Waals surface area (Å²) in [4.78, 5) is 0. The maximum Gasteiger partial charge on any atom is 0.118 e. The van der Waals surface area contributed by atoms with Crippen molar-refractivity contribution in [1.29, 1.82) is 0 Å². The first-order chi connectivity index (χ1) is 8.51. The first-order valence-electron chi connectivity index (χ1n) is 5.92. The zero-order chi connectivity index (χ0) is 13.2. The molecule has 96 valence electrons. The minimum absolute atomic E-state index is 0.157. The lowest BCUT2D eigenvalue weighted by atomic mass is 9.94. The van der Waals surface area contributed by atoms with Crippen LogP contribution in [0.3, 0.4) is 0 Å². The van der Waals surface area contributed by atoms with Gasteiger partial charge in [0.15, 0.2) is 0 Å². The molecule has 4 nitrogen and oxygen atoms in total. The summed E-state index contributed by atoms with van der Waals surface area (Å²) in [6.45, 7) is 4.28. The normalized spacial score (nSPS) is 11.3. The molecule has 0 radical (unpaired) electrons. The third kappa shape index (κ3) is 2.64. The Morgan fingerprint density at radius 3 is 2.39 bits per heavy atom. The Hall–Kier alpha value is -1.97. The molecule has 18 heavy (non-hydrogen) atoms. The highest BCUT2D eigenvalue weighted by atomic mass is 16.5. The summed E-state index contributed by atoms with van der Waals surface area (Å²) in [6, 6.07) is 8.09. The molecule has 0 fully saturated rings. The van der Waals surface area contributed by atoms with E-state index in [0.717, 1.165) is 11.4 Å². The van der Waals surface area contributed by atoms with Crippen molar-refractivity contribution in [2.24, 2.45) is 7.05 Å². The fourth-order valence-electron chi connectivity index (χ4n) is 1.93.